The molecule has 1 heterocycles. The fraction of sp³-hybridized carbons (Fsp3) is 0.625. The highest BCUT2D eigenvalue weighted by atomic mass is 19.1. The molecule has 9 atom stereocenters. The Morgan fingerprint density at radius 1 is 0.812 bits per heavy atom. The predicted octanol–water partition coefficient (Wildman–Crippen LogP) is 5.38. The van der Waals surface area contributed by atoms with E-state index in [-0.39, 0.29) is 49.0 Å². The van der Waals surface area contributed by atoms with Gasteiger partial charge in [-0.25, -0.2) is 14.0 Å². The van der Waals surface area contributed by atoms with Crippen molar-refractivity contribution in [1.29, 1.82) is 0 Å². The van der Waals surface area contributed by atoms with Crippen LogP contribution >= 0.6 is 0 Å². The van der Waals surface area contributed by atoms with Crippen molar-refractivity contribution in [2.75, 3.05) is 42.0 Å². The van der Waals surface area contributed by atoms with Crippen molar-refractivity contribution in [1.82, 2.24) is 25.3 Å². The third-order valence-corrected chi connectivity index (χ3v) is 12.5. The maximum atomic E-state index is 14.5. The van der Waals surface area contributed by atoms with E-state index >= 15 is 0 Å². The van der Waals surface area contributed by atoms with Crippen LogP contribution in [0.2, 0.25) is 0 Å². The summed E-state index contributed by atoms with van der Waals surface area (Å²) in [6, 6.07) is 10.8. The standard InChI is InChI=1S/C48H72FN5O10/c1-13-31(6)42(52(8)46(58)40(29(2)3)51-45(57)41(30(4)5)53(9)48(60)64-28-34-18-15-14-16-19-34)38(61-10)27-39(55)54-25-17-20-37(54)43(62-11)32(7)44(56)50-36(47(59)63-12)26-33-21-23-35(49)24-22-33/h14-16,18-19,21-24,29-32,36-38,40-43H,13,17,20,25-28H2,1-12H3,(H,50,56)(H,51,57)/t31-,32+,36-,37-,38+,40-,41-,42-,43+/m0/s1. The first-order chi connectivity index (χ1) is 30.3. The molecule has 1 aliphatic heterocycles. The molecule has 0 saturated carbocycles. The molecule has 356 valence electrons. The van der Waals surface area contributed by atoms with E-state index in [1.54, 1.807) is 23.8 Å². The zero-order valence-electron chi connectivity index (χ0n) is 39.8. The first-order valence-corrected chi connectivity index (χ1v) is 22.3. The molecule has 64 heavy (non-hydrogen) atoms. The van der Waals surface area contributed by atoms with Crippen LogP contribution in [-0.4, -0.2) is 135 Å². The summed E-state index contributed by atoms with van der Waals surface area (Å²) < 4.78 is 36.0. The minimum atomic E-state index is -1.04. The molecule has 5 amide bonds. The van der Waals surface area contributed by atoms with E-state index in [4.69, 9.17) is 18.9 Å². The van der Waals surface area contributed by atoms with Crippen LogP contribution < -0.4 is 10.6 Å². The molecule has 1 aliphatic rings. The minimum absolute atomic E-state index is 0.0378. The Labute approximate surface area is 379 Å². The van der Waals surface area contributed by atoms with Crippen LogP contribution in [0.15, 0.2) is 54.6 Å². The molecule has 0 aliphatic carbocycles. The van der Waals surface area contributed by atoms with Crippen molar-refractivity contribution in [3.05, 3.63) is 71.5 Å². The normalized spacial score (nSPS) is 17.6. The van der Waals surface area contributed by atoms with Crippen molar-refractivity contribution in [2.45, 2.75) is 130 Å². The number of methoxy groups -OCH3 is 3. The molecule has 1 fully saturated rings. The van der Waals surface area contributed by atoms with E-state index in [1.807, 2.05) is 71.9 Å². The number of esters is 1. The lowest BCUT2D eigenvalue weighted by atomic mass is 9.89. The average Bonchev–Trinajstić information content (AvgIpc) is 3.76. The second-order valence-corrected chi connectivity index (χ2v) is 17.6. The fourth-order valence-corrected chi connectivity index (χ4v) is 8.63. The summed E-state index contributed by atoms with van der Waals surface area (Å²) in [5.41, 5.74) is 1.43. The molecule has 2 aromatic rings. The van der Waals surface area contributed by atoms with Gasteiger partial charge in [0.1, 0.15) is 30.5 Å². The molecule has 1 saturated heterocycles. The van der Waals surface area contributed by atoms with Crippen LogP contribution in [0.25, 0.3) is 0 Å². The van der Waals surface area contributed by atoms with Crippen LogP contribution in [0.1, 0.15) is 85.3 Å². The summed E-state index contributed by atoms with van der Waals surface area (Å²) in [7, 11) is 7.36. The Morgan fingerprint density at radius 2 is 1.45 bits per heavy atom. The van der Waals surface area contributed by atoms with Gasteiger partial charge in [-0.2, -0.15) is 0 Å². The van der Waals surface area contributed by atoms with E-state index in [2.05, 4.69) is 10.6 Å². The highest BCUT2D eigenvalue weighted by Gasteiger charge is 2.44. The van der Waals surface area contributed by atoms with Gasteiger partial charge in [0.05, 0.1) is 43.7 Å². The molecular formula is C48H72FN5O10. The molecule has 2 aromatic carbocycles. The lowest BCUT2D eigenvalue weighted by molar-refractivity contribution is -0.149. The predicted molar refractivity (Wildman–Crippen MR) is 240 cm³/mol. The number of hydrogen-bond donors (Lipinski definition) is 2. The smallest absolute Gasteiger partial charge is 0.410 e. The highest BCUT2D eigenvalue weighted by Crippen LogP contribution is 2.30. The molecule has 3 rings (SSSR count). The van der Waals surface area contributed by atoms with Crippen LogP contribution in [0.4, 0.5) is 9.18 Å². The highest BCUT2D eigenvalue weighted by molar-refractivity contribution is 5.92. The molecule has 0 radical (unpaired) electrons. The quantitative estimate of drug-likeness (QED) is 0.138. The Morgan fingerprint density at radius 3 is 2.00 bits per heavy atom. The Kier molecular flexibility index (Phi) is 21.1. The summed E-state index contributed by atoms with van der Waals surface area (Å²) in [6.45, 7) is 13.4. The van der Waals surface area contributed by atoms with Crippen molar-refractivity contribution in [3.8, 4) is 0 Å². The second-order valence-electron chi connectivity index (χ2n) is 17.6. The van der Waals surface area contributed by atoms with Gasteiger partial charge in [-0.3, -0.25) is 24.1 Å². The number of halogens is 1. The van der Waals surface area contributed by atoms with Crippen molar-refractivity contribution < 1.29 is 52.1 Å². The number of amides is 5. The summed E-state index contributed by atoms with van der Waals surface area (Å²) in [5.74, 6) is -4.26. The van der Waals surface area contributed by atoms with Crippen LogP contribution in [0.3, 0.4) is 0 Å². The topological polar surface area (TPSA) is 173 Å². The lowest BCUT2D eigenvalue weighted by Gasteiger charge is -2.41. The lowest BCUT2D eigenvalue weighted by Crippen LogP contribution is -2.60. The van der Waals surface area contributed by atoms with Crippen LogP contribution in [0, 0.1) is 29.5 Å². The second kappa shape index (κ2) is 25.4. The van der Waals surface area contributed by atoms with Crippen molar-refractivity contribution in [2.24, 2.45) is 23.7 Å². The Bertz CT molecular complexity index is 1830. The molecule has 2 N–H and O–H groups in total. The average molecular weight is 898 g/mol. The van der Waals surface area contributed by atoms with Gasteiger partial charge in [-0.1, -0.05) is 97.4 Å². The molecule has 0 unspecified atom stereocenters. The van der Waals surface area contributed by atoms with Crippen LogP contribution in [-0.2, 0) is 55.9 Å². The first-order valence-electron chi connectivity index (χ1n) is 22.3. The van der Waals surface area contributed by atoms with Gasteiger partial charge in [0.25, 0.3) is 0 Å². The van der Waals surface area contributed by atoms with Gasteiger partial charge in [0.2, 0.25) is 23.6 Å². The number of likely N-dealkylation sites (N-methyl/N-ethyl adjacent to an activating group) is 2. The van der Waals surface area contributed by atoms with E-state index in [0.29, 0.717) is 31.4 Å². The summed E-state index contributed by atoms with van der Waals surface area (Å²) in [6.07, 6.45) is -0.275. The largest absolute Gasteiger partial charge is 0.467 e. The SMILES string of the molecule is CC[C@H](C)[C@@H]([C@@H](CC(=O)N1CCC[C@H]1[C@H](OC)[C@@H](C)C(=O)N[C@@H](Cc1ccc(F)cc1)C(=O)OC)OC)N(C)C(=O)[C@@H](NC(=O)[C@H](C(C)C)N(C)C(=O)OCc1ccccc1)C(C)C. The Balaban J connectivity index is 1.78. The van der Waals surface area contributed by atoms with Gasteiger partial charge in [-0.15, -0.1) is 0 Å². The van der Waals surface area contributed by atoms with Gasteiger partial charge in [0.15, 0.2) is 0 Å². The van der Waals surface area contributed by atoms with Crippen LogP contribution in [0.5, 0.6) is 0 Å². The zero-order chi connectivity index (χ0) is 47.8. The minimum Gasteiger partial charge on any atom is -0.467 e. The number of rotatable bonds is 23. The number of ether oxygens (including phenoxy) is 4. The molecule has 16 heteroatoms. The Hall–Kier alpha value is -5.09. The van der Waals surface area contributed by atoms with Crippen molar-refractivity contribution in [3.63, 3.8) is 0 Å². The van der Waals surface area contributed by atoms with E-state index in [0.717, 1.165) is 5.56 Å². The molecule has 0 spiro atoms. The number of carbonyl (C=O) groups excluding carboxylic acids is 6. The fourth-order valence-electron chi connectivity index (χ4n) is 8.63. The number of nitrogens with zero attached hydrogens (tertiary/aromatic N) is 3. The third-order valence-electron chi connectivity index (χ3n) is 12.5. The number of carbonyl (C=O) groups is 6. The molecule has 0 bridgehead atoms. The number of hydrogen-bond acceptors (Lipinski definition) is 10. The number of benzene rings is 2. The molecule has 15 nitrogen and oxygen atoms in total. The van der Waals surface area contributed by atoms with Gasteiger partial charge in [0, 0.05) is 41.3 Å². The van der Waals surface area contributed by atoms with E-state index < -0.39 is 78.0 Å². The van der Waals surface area contributed by atoms with Gasteiger partial charge < -0.3 is 39.4 Å². The maximum Gasteiger partial charge on any atom is 0.410 e. The molecular weight excluding hydrogens is 826 g/mol. The number of nitrogens with one attached hydrogen (secondary N) is 2. The van der Waals surface area contributed by atoms with Gasteiger partial charge >= 0.3 is 12.1 Å². The van der Waals surface area contributed by atoms with Gasteiger partial charge in [-0.05, 0) is 53.9 Å². The summed E-state index contributed by atoms with van der Waals surface area (Å²) >= 11 is 0. The first kappa shape index (κ1) is 53.2. The van der Waals surface area contributed by atoms with E-state index in [1.165, 1.54) is 57.5 Å². The van der Waals surface area contributed by atoms with Crippen molar-refractivity contribution >= 4 is 35.7 Å². The summed E-state index contributed by atoms with van der Waals surface area (Å²) in [4.78, 5) is 87.0. The third kappa shape index (κ3) is 14.2. The number of likely N-dealkylation sites (tertiary alicyclic amines) is 1. The molecule has 0 aromatic heterocycles. The monoisotopic (exact) mass is 898 g/mol. The summed E-state index contributed by atoms with van der Waals surface area (Å²) in [5, 5.41) is 5.72. The van der Waals surface area contributed by atoms with E-state index in [9.17, 15) is 33.2 Å². The zero-order valence-corrected chi connectivity index (χ0v) is 39.8. The maximum absolute atomic E-state index is 14.5.